The predicted molar refractivity (Wildman–Crippen MR) is 103 cm³/mol. The Kier molecular flexibility index (Phi) is 6.34. The Labute approximate surface area is 153 Å². The molecule has 0 spiro atoms. The lowest BCUT2D eigenvalue weighted by Crippen LogP contribution is -2.21. The molecule has 0 bridgehead atoms. The minimum Gasteiger partial charge on any atom is -0.496 e. The van der Waals surface area contributed by atoms with Crippen LogP contribution in [0.4, 0.5) is 11.4 Å². The number of anilines is 1. The van der Waals surface area contributed by atoms with Crippen LogP contribution in [0, 0.1) is 21.4 Å². The van der Waals surface area contributed by atoms with Crippen LogP contribution in [0.2, 0.25) is 0 Å². The third kappa shape index (κ3) is 4.19. The van der Waals surface area contributed by atoms with Gasteiger partial charge in [-0.15, -0.1) is 0 Å². The highest BCUT2D eigenvalue weighted by Crippen LogP contribution is 2.30. The van der Waals surface area contributed by atoms with Crippen LogP contribution in [0.3, 0.4) is 0 Å². The minimum atomic E-state index is -0.474. The molecule has 0 heterocycles. The van der Waals surface area contributed by atoms with E-state index in [4.69, 9.17) is 4.74 Å². The zero-order valence-corrected chi connectivity index (χ0v) is 15.1. The number of methoxy groups -OCH3 is 1. The molecule has 6 heteroatoms. The van der Waals surface area contributed by atoms with E-state index in [2.05, 4.69) is 24.8 Å². The fourth-order valence-corrected chi connectivity index (χ4v) is 2.73. The van der Waals surface area contributed by atoms with E-state index in [0.717, 1.165) is 24.3 Å². The van der Waals surface area contributed by atoms with Crippen LogP contribution in [0.5, 0.6) is 5.75 Å². The first kappa shape index (κ1) is 19.0. The summed E-state index contributed by atoms with van der Waals surface area (Å²) in [6.45, 7) is 5.93. The maximum Gasteiger partial charge on any atom is 0.270 e. The van der Waals surface area contributed by atoms with Crippen LogP contribution >= 0.6 is 0 Å². The van der Waals surface area contributed by atoms with Crippen LogP contribution in [0.1, 0.15) is 25.0 Å². The number of hydrogen-bond acceptors (Lipinski definition) is 5. The number of nitro groups is 1. The molecule has 2 aromatic rings. The van der Waals surface area contributed by atoms with Gasteiger partial charge in [-0.3, -0.25) is 10.1 Å². The lowest BCUT2D eigenvalue weighted by atomic mass is 10.0. The van der Waals surface area contributed by atoms with Crippen molar-refractivity contribution in [2.24, 2.45) is 0 Å². The van der Waals surface area contributed by atoms with Gasteiger partial charge in [0.2, 0.25) is 0 Å². The number of allylic oxidation sites excluding steroid dienone is 1. The molecular weight excluding hydrogens is 330 g/mol. The standard InChI is InChI=1S/C20H21N3O3/c1-4-22(5-2)18-10-9-16(20(13-18)26-3)11-17(14-21)15-7-6-8-19(12-15)23(24)25/h6-13H,4-5H2,1-3H3/b17-11-. The van der Waals surface area contributed by atoms with Crippen molar-refractivity contribution in [1.82, 2.24) is 0 Å². The third-order valence-corrected chi connectivity index (χ3v) is 4.13. The third-order valence-electron chi connectivity index (χ3n) is 4.13. The van der Waals surface area contributed by atoms with Crippen molar-refractivity contribution in [2.45, 2.75) is 13.8 Å². The summed E-state index contributed by atoms with van der Waals surface area (Å²) < 4.78 is 5.48. The second kappa shape index (κ2) is 8.67. The van der Waals surface area contributed by atoms with Gasteiger partial charge in [-0.05, 0) is 37.6 Å². The Morgan fingerprint density at radius 3 is 2.58 bits per heavy atom. The average Bonchev–Trinajstić information content (AvgIpc) is 2.67. The van der Waals surface area contributed by atoms with E-state index in [-0.39, 0.29) is 5.69 Å². The number of hydrogen-bond donors (Lipinski definition) is 0. The van der Waals surface area contributed by atoms with Crippen molar-refractivity contribution in [3.05, 3.63) is 63.7 Å². The SMILES string of the molecule is CCN(CC)c1ccc(/C=C(/C#N)c2cccc([N+](=O)[O-])c2)c(OC)c1. The molecule has 0 aliphatic heterocycles. The second-order valence-electron chi connectivity index (χ2n) is 5.58. The molecule has 0 radical (unpaired) electrons. The van der Waals surface area contributed by atoms with Crippen LogP contribution < -0.4 is 9.64 Å². The van der Waals surface area contributed by atoms with Crippen molar-refractivity contribution in [1.29, 1.82) is 5.26 Å². The summed E-state index contributed by atoms with van der Waals surface area (Å²) in [7, 11) is 1.58. The van der Waals surface area contributed by atoms with Crippen molar-refractivity contribution in [3.63, 3.8) is 0 Å². The molecule has 0 atom stereocenters. The zero-order valence-electron chi connectivity index (χ0n) is 15.1. The molecule has 26 heavy (non-hydrogen) atoms. The first-order valence-corrected chi connectivity index (χ1v) is 8.33. The van der Waals surface area contributed by atoms with Crippen LogP contribution in [-0.4, -0.2) is 25.1 Å². The monoisotopic (exact) mass is 351 g/mol. The Morgan fingerprint density at radius 2 is 2.00 bits per heavy atom. The highest BCUT2D eigenvalue weighted by molar-refractivity contribution is 5.91. The summed E-state index contributed by atoms with van der Waals surface area (Å²) in [5.41, 5.74) is 2.57. The van der Waals surface area contributed by atoms with Gasteiger partial charge in [0.15, 0.2) is 0 Å². The van der Waals surface area contributed by atoms with Gasteiger partial charge in [0.25, 0.3) is 5.69 Å². The summed E-state index contributed by atoms with van der Waals surface area (Å²) in [5.74, 6) is 0.646. The molecule has 0 fully saturated rings. The first-order valence-electron chi connectivity index (χ1n) is 8.33. The Balaban J connectivity index is 2.47. The molecular formula is C20H21N3O3. The van der Waals surface area contributed by atoms with E-state index in [1.807, 2.05) is 18.2 Å². The molecule has 0 amide bonds. The van der Waals surface area contributed by atoms with Gasteiger partial charge in [-0.1, -0.05) is 12.1 Å². The fourth-order valence-electron chi connectivity index (χ4n) is 2.73. The molecule has 134 valence electrons. The van der Waals surface area contributed by atoms with E-state index in [1.54, 1.807) is 25.3 Å². The average molecular weight is 351 g/mol. The quantitative estimate of drug-likeness (QED) is 0.317. The van der Waals surface area contributed by atoms with Gasteiger partial charge in [-0.25, -0.2) is 0 Å². The van der Waals surface area contributed by atoms with Crippen molar-refractivity contribution < 1.29 is 9.66 Å². The molecule has 0 saturated heterocycles. The molecule has 2 aromatic carbocycles. The number of non-ortho nitro benzene ring substituents is 1. The number of rotatable bonds is 7. The van der Waals surface area contributed by atoms with E-state index in [9.17, 15) is 15.4 Å². The molecule has 0 N–H and O–H groups in total. The van der Waals surface area contributed by atoms with Crippen LogP contribution in [0.15, 0.2) is 42.5 Å². The predicted octanol–water partition coefficient (Wildman–Crippen LogP) is 4.51. The summed E-state index contributed by atoms with van der Waals surface area (Å²) in [4.78, 5) is 12.7. The van der Waals surface area contributed by atoms with E-state index < -0.39 is 4.92 Å². The molecule has 0 aromatic heterocycles. The highest BCUT2D eigenvalue weighted by Gasteiger charge is 2.11. The number of nitrogens with zero attached hydrogens (tertiary/aromatic N) is 3. The number of benzene rings is 2. The highest BCUT2D eigenvalue weighted by atomic mass is 16.6. The minimum absolute atomic E-state index is 0.0486. The second-order valence-corrected chi connectivity index (χ2v) is 5.58. The van der Waals surface area contributed by atoms with Crippen molar-refractivity contribution in [3.8, 4) is 11.8 Å². The molecule has 0 unspecified atom stereocenters. The first-order chi connectivity index (χ1) is 12.5. The number of ether oxygens (including phenoxy) is 1. The summed E-state index contributed by atoms with van der Waals surface area (Å²) in [6, 6.07) is 14.0. The van der Waals surface area contributed by atoms with Gasteiger partial charge in [0, 0.05) is 42.5 Å². The van der Waals surface area contributed by atoms with Crippen LogP contribution in [-0.2, 0) is 0 Å². The van der Waals surface area contributed by atoms with Gasteiger partial charge >= 0.3 is 0 Å². The largest absolute Gasteiger partial charge is 0.496 e. The maximum atomic E-state index is 11.0. The summed E-state index contributed by atoms with van der Waals surface area (Å²) in [6.07, 6.45) is 1.68. The molecule has 6 nitrogen and oxygen atoms in total. The number of nitro benzene ring substituents is 1. The fraction of sp³-hybridized carbons (Fsp3) is 0.250. The molecule has 2 rings (SSSR count). The molecule has 0 aliphatic rings. The summed E-state index contributed by atoms with van der Waals surface area (Å²) in [5, 5.41) is 20.5. The van der Waals surface area contributed by atoms with Crippen molar-refractivity contribution in [2.75, 3.05) is 25.1 Å². The smallest absolute Gasteiger partial charge is 0.270 e. The van der Waals surface area contributed by atoms with E-state index >= 15 is 0 Å². The topological polar surface area (TPSA) is 79.4 Å². The Morgan fingerprint density at radius 1 is 1.27 bits per heavy atom. The van der Waals surface area contributed by atoms with Gasteiger partial charge in [0.1, 0.15) is 5.75 Å². The normalized spacial score (nSPS) is 10.9. The van der Waals surface area contributed by atoms with Crippen molar-refractivity contribution >= 4 is 23.0 Å². The Hall–Kier alpha value is -3.33. The summed E-state index contributed by atoms with van der Waals surface area (Å²) >= 11 is 0. The van der Waals surface area contributed by atoms with Gasteiger partial charge < -0.3 is 9.64 Å². The lowest BCUT2D eigenvalue weighted by Gasteiger charge is -2.22. The van der Waals surface area contributed by atoms with Gasteiger partial charge in [0.05, 0.1) is 23.7 Å². The van der Waals surface area contributed by atoms with E-state index in [1.165, 1.54) is 12.1 Å². The molecule has 0 aliphatic carbocycles. The lowest BCUT2D eigenvalue weighted by molar-refractivity contribution is -0.384. The molecule has 0 saturated carbocycles. The van der Waals surface area contributed by atoms with Gasteiger partial charge in [-0.2, -0.15) is 5.26 Å². The number of nitriles is 1. The van der Waals surface area contributed by atoms with Crippen LogP contribution in [0.25, 0.3) is 11.6 Å². The van der Waals surface area contributed by atoms with E-state index in [0.29, 0.717) is 16.9 Å². The maximum absolute atomic E-state index is 11.0. The zero-order chi connectivity index (χ0) is 19.1. The Bertz CT molecular complexity index is 865.